The molecule has 2 nitrogen and oxygen atoms in total. The van der Waals surface area contributed by atoms with Gasteiger partial charge in [0.15, 0.2) is 0 Å². The second-order valence-electron chi connectivity index (χ2n) is 3.35. The van der Waals surface area contributed by atoms with Crippen molar-refractivity contribution in [1.29, 1.82) is 0 Å². The summed E-state index contributed by atoms with van der Waals surface area (Å²) in [5, 5.41) is 5.13. The van der Waals surface area contributed by atoms with Gasteiger partial charge in [0, 0.05) is 0 Å². The minimum atomic E-state index is 0.704. The van der Waals surface area contributed by atoms with Crippen molar-refractivity contribution in [2.75, 3.05) is 0 Å². The van der Waals surface area contributed by atoms with E-state index in [0.29, 0.717) is 5.02 Å². The summed E-state index contributed by atoms with van der Waals surface area (Å²) >= 11 is 9.61. The van der Waals surface area contributed by atoms with E-state index >= 15 is 0 Å². The molecule has 2 rings (SSSR count). The van der Waals surface area contributed by atoms with Crippen LogP contribution in [-0.4, -0.2) is 9.78 Å². The molecule has 0 amide bonds. The second kappa shape index (κ2) is 3.99. The minimum absolute atomic E-state index is 0.704. The number of aryl methyl sites for hydroxylation is 1. The van der Waals surface area contributed by atoms with Crippen LogP contribution in [-0.2, 0) is 0 Å². The van der Waals surface area contributed by atoms with Gasteiger partial charge in [0.25, 0.3) is 0 Å². The van der Waals surface area contributed by atoms with E-state index in [9.17, 15) is 0 Å². The number of hydrogen-bond donors (Lipinski definition) is 0. The van der Waals surface area contributed by atoms with Crippen molar-refractivity contribution in [2.45, 2.75) is 13.8 Å². The monoisotopic (exact) mass is 284 g/mol. The highest BCUT2D eigenvalue weighted by atomic mass is 79.9. The van der Waals surface area contributed by atoms with Crippen molar-refractivity contribution in [3.8, 4) is 5.69 Å². The lowest BCUT2D eigenvalue weighted by Gasteiger charge is -2.05. The molecule has 1 aromatic heterocycles. The van der Waals surface area contributed by atoms with Crippen LogP contribution in [0.4, 0.5) is 0 Å². The summed E-state index contributed by atoms with van der Waals surface area (Å²) in [5.74, 6) is 0. The van der Waals surface area contributed by atoms with Crippen LogP contribution < -0.4 is 0 Å². The smallest absolute Gasteiger partial charge is 0.0835 e. The predicted octanol–water partition coefficient (Wildman–Crippen LogP) is 3.91. The second-order valence-corrected chi connectivity index (χ2v) is 4.55. The van der Waals surface area contributed by atoms with Gasteiger partial charge in [-0.15, -0.1) is 0 Å². The Morgan fingerprint density at radius 2 is 1.93 bits per heavy atom. The molecule has 78 valence electrons. The maximum atomic E-state index is 6.12. The molecule has 0 fully saturated rings. The minimum Gasteiger partial charge on any atom is -0.235 e. The molecule has 1 heterocycles. The van der Waals surface area contributed by atoms with Crippen LogP contribution in [0.2, 0.25) is 5.02 Å². The summed E-state index contributed by atoms with van der Waals surface area (Å²) in [4.78, 5) is 0. The zero-order chi connectivity index (χ0) is 11.0. The molecule has 0 spiro atoms. The van der Waals surface area contributed by atoms with Crippen molar-refractivity contribution in [2.24, 2.45) is 0 Å². The largest absolute Gasteiger partial charge is 0.235 e. The van der Waals surface area contributed by atoms with E-state index in [2.05, 4.69) is 21.0 Å². The van der Waals surface area contributed by atoms with Gasteiger partial charge in [0.1, 0.15) is 0 Å². The molecule has 0 aliphatic carbocycles. The molecule has 1 aromatic carbocycles. The molecule has 0 aliphatic heterocycles. The first kappa shape index (κ1) is 10.7. The first-order valence-corrected chi connectivity index (χ1v) is 5.75. The van der Waals surface area contributed by atoms with E-state index in [-0.39, 0.29) is 0 Å². The number of para-hydroxylation sites is 1. The fraction of sp³-hybridized carbons (Fsp3) is 0.182. The fourth-order valence-corrected chi connectivity index (χ4v) is 1.94. The van der Waals surface area contributed by atoms with Crippen LogP contribution in [0.15, 0.2) is 28.7 Å². The first-order chi connectivity index (χ1) is 7.11. The summed E-state index contributed by atoms with van der Waals surface area (Å²) in [6.07, 6.45) is 0. The van der Waals surface area contributed by atoms with Crippen LogP contribution in [0, 0.1) is 13.8 Å². The average molecular weight is 286 g/mol. The van der Waals surface area contributed by atoms with E-state index in [1.807, 2.05) is 42.8 Å². The van der Waals surface area contributed by atoms with Crippen molar-refractivity contribution in [1.82, 2.24) is 9.78 Å². The summed E-state index contributed by atoms with van der Waals surface area (Å²) in [6, 6.07) is 7.67. The van der Waals surface area contributed by atoms with Gasteiger partial charge >= 0.3 is 0 Å². The number of rotatable bonds is 1. The standard InChI is InChI=1S/C11H10BrClN2/c1-7-11(12)8(2)15(14-7)10-6-4-3-5-9(10)13/h3-6H,1-2H3. The topological polar surface area (TPSA) is 17.8 Å². The van der Waals surface area contributed by atoms with Crippen molar-refractivity contribution in [3.63, 3.8) is 0 Å². The summed E-state index contributed by atoms with van der Waals surface area (Å²) < 4.78 is 2.88. The zero-order valence-corrected chi connectivity index (χ0v) is 10.8. The van der Waals surface area contributed by atoms with Gasteiger partial charge in [-0.3, -0.25) is 0 Å². The number of aromatic nitrogens is 2. The predicted molar refractivity (Wildman–Crippen MR) is 65.7 cm³/mol. The highest BCUT2D eigenvalue weighted by molar-refractivity contribution is 9.10. The molecule has 0 N–H and O–H groups in total. The number of halogens is 2. The van der Waals surface area contributed by atoms with Crippen LogP contribution in [0.3, 0.4) is 0 Å². The van der Waals surface area contributed by atoms with E-state index < -0.39 is 0 Å². The SMILES string of the molecule is Cc1nn(-c2ccccc2Cl)c(C)c1Br. The zero-order valence-electron chi connectivity index (χ0n) is 8.46. The van der Waals surface area contributed by atoms with Crippen LogP contribution in [0.25, 0.3) is 5.69 Å². The molecule has 0 atom stereocenters. The summed E-state index contributed by atoms with van der Waals surface area (Å²) in [6.45, 7) is 3.97. The van der Waals surface area contributed by atoms with Gasteiger partial charge in [0.05, 0.1) is 26.6 Å². The highest BCUT2D eigenvalue weighted by Crippen LogP contribution is 2.26. The van der Waals surface area contributed by atoms with E-state index in [0.717, 1.165) is 21.5 Å². The van der Waals surface area contributed by atoms with Gasteiger partial charge in [-0.2, -0.15) is 5.10 Å². The molecule has 0 radical (unpaired) electrons. The normalized spacial score (nSPS) is 10.7. The lowest BCUT2D eigenvalue weighted by atomic mass is 10.3. The molecule has 4 heteroatoms. The van der Waals surface area contributed by atoms with Gasteiger partial charge in [-0.1, -0.05) is 23.7 Å². The Hall–Kier alpha value is -0.800. The maximum Gasteiger partial charge on any atom is 0.0835 e. The lowest BCUT2D eigenvalue weighted by molar-refractivity contribution is 0.833. The Balaban J connectivity index is 2.65. The van der Waals surface area contributed by atoms with Gasteiger partial charge in [-0.05, 0) is 41.9 Å². The Bertz CT molecular complexity index is 505. The van der Waals surface area contributed by atoms with E-state index in [4.69, 9.17) is 11.6 Å². The van der Waals surface area contributed by atoms with Gasteiger partial charge < -0.3 is 0 Å². The molecule has 2 aromatic rings. The molecular weight excluding hydrogens is 275 g/mol. The first-order valence-electron chi connectivity index (χ1n) is 4.58. The van der Waals surface area contributed by atoms with Gasteiger partial charge in [0.2, 0.25) is 0 Å². The van der Waals surface area contributed by atoms with E-state index in [1.165, 1.54) is 0 Å². The fourth-order valence-electron chi connectivity index (χ4n) is 1.48. The molecule has 0 saturated carbocycles. The van der Waals surface area contributed by atoms with Crippen LogP contribution in [0.5, 0.6) is 0 Å². The maximum absolute atomic E-state index is 6.12. The number of benzene rings is 1. The Morgan fingerprint density at radius 1 is 1.27 bits per heavy atom. The van der Waals surface area contributed by atoms with Gasteiger partial charge in [-0.25, -0.2) is 4.68 Å². The number of nitrogens with zero attached hydrogens (tertiary/aromatic N) is 2. The molecular formula is C11H10BrClN2. The highest BCUT2D eigenvalue weighted by Gasteiger charge is 2.11. The van der Waals surface area contributed by atoms with Crippen molar-refractivity contribution in [3.05, 3.63) is 45.1 Å². The Labute approximate surface area is 102 Å². The number of hydrogen-bond acceptors (Lipinski definition) is 1. The molecule has 15 heavy (non-hydrogen) atoms. The molecule has 0 unspecified atom stereocenters. The average Bonchev–Trinajstić information content (AvgIpc) is 2.47. The van der Waals surface area contributed by atoms with Crippen molar-refractivity contribution >= 4 is 27.5 Å². The lowest BCUT2D eigenvalue weighted by Crippen LogP contribution is -1.99. The quantitative estimate of drug-likeness (QED) is 0.777. The molecule has 0 saturated heterocycles. The van der Waals surface area contributed by atoms with Crippen LogP contribution in [0.1, 0.15) is 11.4 Å². The van der Waals surface area contributed by atoms with E-state index in [1.54, 1.807) is 0 Å². The Morgan fingerprint density at radius 3 is 2.47 bits per heavy atom. The van der Waals surface area contributed by atoms with Crippen LogP contribution >= 0.6 is 27.5 Å². The third-order valence-corrected chi connectivity index (χ3v) is 3.75. The molecule has 0 bridgehead atoms. The summed E-state index contributed by atoms with van der Waals surface area (Å²) in [5.41, 5.74) is 2.93. The third kappa shape index (κ3) is 1.82. The van der Waals surface area contributed by atoms with Crippen molar-refractivity contribution < 1.29 is 0 Å². The molecule has 0 aliphatic rings. The summed E-state index contributed by atoms with van der Waals surface area (Å²) in [7, 11) is 0. The Kier molecular flexibility index (Phi) is 2.85. The third-order valence-electron chi connectivity index (χ3n) is 2.28.